The Kier molecular flexibility index (Phi) is 29.7. The Morgan fingerprint density at radius 1 is 0.585 bits per heavy atom. The van der Waals surface area contributed by atoms with E-state index in [1.165, 1.54) is 61.6 Å². The van der Waals surface area contributed by atoms with E-state index >= 15 is 9.59 Å². The number of carbonyl (C=O) groups excluding carboxylic acids is 10. The smallest absolute Gasteiger partial charge is 0.408 e. The van der Waals surface area contributed by atoms with Crippen LogP contribution in [0, 0.1) is 29.6 Å². The molecule has 22 nitrogen and oxygen atoms in total. The molecule has 0 unspecified atom stereocenters. The van der Waals surface area contributed by atoms with Gasteiger partial charge in [0.25, 0.3) is 5.91 Å². The third-order valence-electron chi connectivity index (χ3n) is 17.4. The third kappa shape index (κ3) is 22.1. The van der Waals surface area contributed by atoms with E-state index in [4.69, 9.17) is 14.2 Å². The molecule has 0 aromatic heterocycles. The summed E-state index contributed by atoms with van der Waals surface area (Å²) in [5.41, 5.74) is -0.614. The zero-order valence-electron chi connectivity index (χ0n) is 59.1. The molecule has 3 aromatic rings. The zero-order chi connectivity index (χ0) is 70.7. The number of nitrogens with one attached hydrogen (secondary N) is 3. The molecular weight excluding hydrogens is 1200 g/mol. The number of carbonyl (C=O) groups is 10. The molecule has 94 heavy (non-hydrogen) atoms. The van der Waals surface area contributed by atoms with Gasteiger partial charge in [0.1, 0.15) is 54.5 Å². The van der Waals surface area contributed by atoms with Gasteiger partial charge in [-0.25, -0.2) is 14.4 Å². The number of ether oxygens (including phenoxy) is 3. The quantitative estimate of drug-likeness (QED) is 0.0348. The summed E-state index contributed by atoms with van der Waals surface area (Å²) in [6.07, 6.45) is -0.623. The molecule has 0 radical (unpaired) electrons. The summed E-state index contributed by atoms with van der Waals surface area (Å²) in [7, 11) is 5.67. The van der Waals surface area contributed by atoms with Crippen LogP contribution in [0.1, 0.15) is 153 Å². The zero-order valence-corrected chi connectivity index (χ0v) is 59.1. The van der Waals surface area contributed by atoms with Crippen LogP contribution in [0.15, 0.2) is 91.0 Å². The highest BCUT2D eigenvalue weighted by molar-refractivity contribution is 5.98. The fourth-order valence-electron chi connectivity index (χ4n) is 11.9. The van der Waals surface area contributed by atoms with Crippen LogP contribution in [0.2, 0.25) is 0 Å². The molecule has 1 heterocycles. The molecule has 0 saturated carbocycles. The average molecular weight is 1310 g/mol. The lowest BCUT2D eigenvalue weighted by atomic mass is 9.93. The highest BCUT2D eigenvalue weighted by atomic mass is 16.6. The number of likely N-dealkylation sites (tertiary alicyclic amines) is 1. The molecule has 0 spiro atoms. The van der Waals surface area contributed by atoms with Gasteiger partial charge in [-0.05, 0) is 101 Å². The second-order valence-corrected chi connectivity index (χ2v) is 27.9. The number of amides is 8. The Labute approximate surface area is 557 Å². The SMILES string of the molecule is CC[C@@H](C)[C@H](NC(=O)[C@@H]1CCCN1C(=O)[C@H](Cc1ccccc1)N(C)C(=O)[C@H](Cc1ccccc1)NC(=O)OC(C)(C)C)C(=O)N(C)[C@H](C(=O)N[C@@H](CC(C)C)C(=O)N(C)[C@H](C(=O)O[C@@H](C(=O)N(C)[C@H](C(=O)OCc1ccccc1)C(C)C)[C@H](C)CC)C(C)(C)O)C(C)C. The van der Waals surface area contributed by atoms with Gasteiger partial charge in [0, 0.05) is 53.5 Å². The van der Waals surface area contributed by atoms with Gasteiger partial charge >= 0.3 is 18.0 Å². The van der Waals surface area contributed by atoms with Crippen molar-refractivity contribution in [3.05, 3.63) is 108 Å². The number of alkyl carbamates (subject to hydrolysis) is 1. The van der Waals surface area contributed by atoms with Crippen LogP contribution in [0.3, 0.4) is 0 Å². The Bertz CT molecular complexity index is 3010. The molecule has 11 atom stereocenters. The molecule has 1 saturated heterocycles. The highest BCUT2D eigenvalue weighted by Gasteiger charge is 2.48. The summed E-state index contributed by atoms with van der Waals surface area (Å²) in [6.45, 7) is 25.7. The van der Waals surface area contributed by atoms with Crippen molar-refractivity contribution in [3.8, 4) is 0 Å². The first kappa shape index (κ1) is 78.6. The van der Waals surface area contributed by atoms with Gasteiger partial charge in [0.05, 0.1) is 5.60 Å². The summed E-state index contributed by atoms with van der Waals surface area (Å²) >= 11 is 0. The highest BCUT2D eigenvalue weighted by Crippen LogP contribution is 2.28. The normalized spacial score (nSPS) is 16.6. The van der Waals surface area contributed by atoms with E-state index in [1.54, 1.807) is 81.4 Å². The lowest BCUT2D eigenvalue weighted by Crippen LogP contribution is -2.63. The number of nitrogens with zero attached hydrogens (tertiary/aromatic N) is 5. The number of esters is 2. The van der Waals surface area contributed by atoms with Crippen molar-refractivity contribution in [2.24, 2.45) is 29.6 Å². The first-order valence-corrected chi connectivity index (χ1v) is 33.1. The molecule has 1 aliphatic rings. The average Bonchev–Trinajstić information content (AvgIpc) is 1.28. The minimum absolute atomic E-state index is 0.0283. The summed E-state index contributed by atoms with van der Waals surface area (Å²) in [4.78, 5) is 152. The van der Waals surface area contributed by atoms with Crippen molar-refractivity contribution < 1.29 is 67.3 Å². The minimum atomic E-state index is -1.98. The van der Waals surface area contributed by atoms with Crippen LogP contribution < -0.4 is 16.0 Å². The van der Waals surface area contributed by atoms with E-state index in [0.29, 0.717) is 19.3 Å². The fraction of sp³-hybridized carbons (Fsp3) is 0.611. The Morgan fingerprint density at radius 2 is 1.09 bits per heavy atom. The summed E-state index contributed by atoms with van der Waals surface area (Å²) in [5.74, 6) is -8.57. The van der Waals surface area contributed by atoms with Crippen molar-refractivity contribution in [1.29, 1.82) is 0 Å². The van der Waals surface area contributed by atoms with Crippen LogP contribution in [-0.4, -0.2) is 189 Å². The first-order chi connectivity index (χ1) is 43.9. The lowest BCUT2D eigenvalue weighted by Gasteiger charge is -2.39. The van der Waals surface area contributed by atoms with Crippen molar-refractivity contribution in [2.75, 3.05) is 34.7 Å². The van der Waals surface area contributed by atoms with E-state index in [1.807, 2.05) is 99.6 Å². The number of likely N-dealkylation sites (N-methyl/N-ethyl adjacent to an activating group) is 4. The largest absolute Gasteiger partial charge is 0.459 e. The van der Waals surface area contributed by atoms with Crippen LogP contribution in [0.5, 0.6) is 0 Å². The third-order valence-corrected chi connectivity index (χ3v) is 17.4. The molecule has 1 fully saturated rings. The van der Waals surface area contributed by atoms with Crippen molar-refractivity contribution in [2.45, 2.75) is 221 Å². The minimum Gasteiger partial charge on any atom is -0.459 e. The van der Waals surface area contributed by atoms with Gasteiger partial charge in [-0.3, -0.25) is 33.6 Å². The predicted molar refractivity (Wildman–Crippen MR) is 359 cm³/mol. The summed E-state index contributed by atoms with van der Waals surface area (Å²) in [5, 5.41) is 20.3. The monoisotopic (exact) mass is 1310 g/mol. The van der Waals surface area contributed by atoms with Gasteiger partial charge in [0.15, 0.2) is 12.1 Å². The van der Waals surface area contributed by atoms with E-state index in [-0.39, 0.29) is 44.8 Å². The molecule has 0 aliphatic carbocycles. The van der Waals surface area contributed by atoms with Crippen molar-refractivity contribution in [1.82, 2.24) is 40.4 Å². The van der Waals surface area contributed by atoms with Gasteiger partial charge in [-0.15, -0.1) is 0 Å². The maximum atomic E-state index is 15.2. The second kappa shape index (κ2) is 35.6. The molecule has 4 N–H and O–H groups in total. The maximum absolute atomic E-state index is 15.2. The predicted octanol–water partition coefficient (Wildman–Crippen LogP) is 7.51. The second-order valence-electron chi connectivity index (χ2n) is 27.9. The van der Waals surface area contributed by atoms with E-state index in [2.05, 4.69) is 16.0 Å². The summed E-state index contributed by atoms with van der Waals surface area (Å²) < 4.78 is 17.3. The number of rotatable bonds is 32. The molecule has 520 valence electrons. The van der Waals surface area contributed by atoms with Crippen LogP contribution in [0.25, 0.3) is 0 Å². The van der Waals surface area contributed by atoms with E-state index in [0.717, 1.165) is 21.6 Å². The first-order valence-electron chi connectivity index (χ1n) is 33.1. The van der Waals surface area contributed by atoms with Gasteiger partial charge in [-0.1, -0.05) is 167 Å². The van der Waals surface area contributed by atoms with E-state index < -0.39 is 149 Å². The number of aliphatic hydroxyl groups is 1. The van der Waals surface area contributed by atoms with Crippen molar-refractivity contribution in [3.63, 3.8) is 0 Å². The van der Waals surface area contributed by atoms with Gasteiger partial charge in [-0.2, -0.15) is 0 Å². The molecule has 4 rings (SSSR count). The molecule has 3 aromatic carbocycles. The van der Waals surface area contributed by atoms with Crippen LogP contribution >= 0.6 is 0 Å². The van der Waals surface area contributed by atoms with Crippen LogP contribution in [0.4, 0.5) is 4.79 Å². The van der Waals surface area contributed by atoms with Crippen LogP contribution in [-0.2, 0) is 76.8 Å². The van der Waals surface area contributed by atoms with E-state index in [9.17, 15) is 43.5 Å². The lowest BCUT2D eigenvalue weighted by molar-refractivity contribution is -0.178. The number of hydrogen-bond acceptors (Lipinski definition) is 14. The number of benzene rings is 3. The van der Waals surface area contributed by atoms with Crippen molar-refractivity contribution >= 4 is 59.4 Å². The fourth-order valence-corrected chi connectivity index (χ4v) is 11.9. The molecule has 22 heteroatoms. The molecular formula is C72H108N8O14. The summed E-state index contributed by atoms with van der Waals surface area (Å²) in [6, 6.07) is 17.4. The topological polar surface area (TPSA) is 271 Å². The molecule has 1 aliphatic heterocycles. The molecule has 0 bridgehead atoms. The number of hydrogen-bond donors (Lipinski definition) is 4. The Balaban J connectivity index is 1.61. The Morgan fingerprint density at radius 3 is 1.57 bits per heavy atom. The maximum Gasteiger partial charge on any atom is 0.408 e. The van der Waals surface area contributed by atoms with Gasteiger partial charge in [0.2, 0.25) is 35.4 Å². The molecule has 8 amide bonds. The Hall–Kier alpha value is -7.88. The standard InChI is InChI=1S/C72H108N8O14/c1-20-47(9)56(75-61(81)54-38-31-39-80(54)65(85)55(42-50-34-27-23-28-35-50)76(16)63(83)53(41-49-32-25-22-26-33-49)74-70(90)94-71(11,12)13)66(86)77(17)57(45(5)6)62(82)73-52(40-44(3)4)64(84)79(19)60(72(14,15)91)69(89)93-59(48(10)21-2)67(87)78(18)58(46(7)8)68(88)92-43-51-36-29-24-30-37-51/h22-30,32-37,44-48,52-60,91H,20-21,31,38-43H2,1-19H3,(H,73,82)(H,74,90)(H,75,81)/t47-,48-,52+,53+,54+,55+,56+,57+,58+,59-,60-/m1/s1. The van der Waals surface area contributed by atoms with Gasteiger partial charge < -0.3 is 59.8 Å².